The third-order valence-electron chi connectivity index (χ3n) is 12.3. The van der Waals surface area contributed by atoms with Gasteiger partial charge in [0.1, 0.15) is 13.2 Å². The van der Waals surface area contributed by atoms with Crippen LogP contribution in [0.15, 0.2) is 60.8 Å². The van der Waals surface area contributed by atoms with Crippen LogP contribution in [0.4, 0.5) is 0 Å². The molecule has 0 aromatic heterocycles. The number of esters is 3. The van der Waals surface area contributed by atoms with Crippen molar-refractivity contribution in [2.75, 3.05) is 13.2 Å². The molecule has 382 valence electrons. The molecular weight excluding hydrogens is 817 g/mol. The molecule has 0 rings (SSSR count). The van der Waals surface area contributed by atoms with Crippen LogP contribution in [0, 0.1) is 0 Å². The average Bonchev–Trinajstić information content (AvgIpc) is 3.31. The largest absolute Gasteiger partial charge is 0.462 e. The quantitative estimate of drug-likeness (QED) is 0.0262. The highest BCUT2D eigenvalue weighted by Gasteiger charge is 2.19. The summed E-state index contributed by atoms with van der Waals surface area (Å²) >= 11 is 0. The van der Waals surface area contributed by atoms with E-state index in [2.05, 4.69) is 69.4 Å². The van der Waals surface area contributed by atoms with E-state index in [0.29, 0.717) is 19.3 Å². The summed E-state index contributed by atoms with van der Waals surface area (Å²) in [4.78, 5) is 37.9. The molecule has 0 saturated heterocycles. The van der Waals surface area contributed by atoms with Gasteiger partial charge in [0.15, 0.2) is 6.10 Å². The molecule has 0 spiro atoms. The molecule has 0 N–H and O–H groups in total. The first-order valence-electron chi connectivity index (χ1n) is 28.3. The predicted molar refractivity (Wildman–Crippen MR) is 284 cm³/mol. The minimum atomic E-state index is -0.808. The molecule has 0 aliphatic rings. The van der Waals surface area contributed by atoms with Gasteiger partial charge in [0.05, 0.1) is 0 Å². The number of carbonyl (C=O) groups is 3. The summed E-state index contributed by atoms with van der Waals surface area (Å²) < 4.78 is 16.7. The zero-order valence-electron chi connectivity index (χ0n) is 43.7. The van der Waals surface area contributed by atoms with E-state index >= 15 is 0 Å². The third-order valence-corrected chi connectivity index (χ3v) is 12.3. The van der Waals surface area contributed by atoms with E-state index < -0.39 is 6.10 Å². The molecule has 0 aromatic rings. The highest BCUT2D eigenvalue weighted by molar-refractivity contribution is 5.71. The zero-order chi connectivity index (χ0) is 47.9. The van der Waals surface area contributed by atoms with Crippen molar-refractivity contribution in [1.29, 1.82) is 0 Å². The summed E-state index contributed by atoms with van der Waals surface area (Å²) in [6, 6.07) is 0. The summed E-state index contributed by atoms with van der Waals surface area (Å²) in [5.41, 5.74) is 0. The van der Waals surface area contributed by atoms with Gasteiger partial charge in [0.25, 0.3) is 0 Å². The second-order valence-electron chi connectivity index (χ2n) is 18.8. The van der Waals surface area contributed by atoms with Crippen molar-refractivity contribution in [3.63, 3.8) is 0 Å². The smallest absolute Gasteiger partial charge is 0.306 e. The maximum Gasteiger partial charge on any atom is 0.306 e. The Morgan fingerprint density at radius 3 is 0.985 bits per heavy atom. The van der Waals surface area contributed by atoms with Gasteiger partial charge >= 0.3 is 17.9 Å². The van der Waals surface area contributed by atoms with E-state index in [1.807, 2.05) is 12.2 Å². The van der Waals surface area contributed by atoms with Crippen molar-refractivity contribution in [3.8, 4) is 0 Å². The second-order valence-corrected chi connectivity index (χ2v) is 18.8. The van der Waals surface area contributed by atoms with Gasteiger partial charge in [-0.15, -0.1) is 0 Å². The van der Waals surface area contributed by atoms with Gasteiger partial charge in [0.2, 0.25) is 0 Å². The zero-order valence-corrected chi connectivity index (χ0v) is 43.7. The summed E-state index contributed by atoms with van der Waals surface area (Å²) in [5, 5.41) is 0. The monoisotopic (exact) mass is 923 g/mol. The van der Waals surface area contributed by atoms with Crippen molar-refractivity contribution in [3.05, 3.63) is 60.8 Å². The van der Waals surface area contributed by atoms with Gasteiger partial charge in [-0.1, -0.05) is 255 Å². The number of rotatable bonds is 51. The lowest BCUT2D eigenvalue weighted by molar-refractivity contribution is -0.166. The molecule has 0 aromatic carbocycles. The van der Waals surface area contributed by atoms with Crippen LogP contribution in [0.3, 0.4) is 0 Å². The fourth-order valence-corrected chi connectivity index (χ4v) is 8.04. The van der Waals surface area contributed by atoms with Crippen LogP contribution in [-0.4, -0.2) is 37.2 Å². The maximum atomic E-state index is 12.7. The molecule has 1 unspecified atom stereocenters. The fraction of sp³-hybridized carbons (Fsp3) is 0.783. The minimum Gasteiger partial charge on any atom is -0.462 e. The van der Waals surface area contributed by atoms with Crippen molar-refractivity contribution >= 4 is 17.9 Å². The number of unbranched alkanes of at least 4 members (excludes halogenated alkanes) is 30. The molecule has 6 heteroatoms. The molecule has 0 amide bonds. The molecule has 0 saturated carbocycles. The van der Waals surface area contributed by atoms with Crippen molar-refractivity contribution in [1.82, 2.24) is 0 Å². The molecule has 0 aliphatic heterocycles. The maximum absolute atomic E-state index is 12.7. The Kier molecular flexibility index (Phi) is 52.3. The number of carbonyl (C=O) groups excluding carboxylic acids is 3. The third kappa shape index (κ3) is 52.1. The Morgan fingerprint density at radius 1 is 0.318 bits per heavy atom. The predicted octanol–water partition coefficient (Wildman–Crippen LogP) is 18.8. The van der Waals surface area contributed by atoms with Crippen molar-refractivity contribution < 1.29 is 28.6 Å². The Bertz CT molecular complexity index is 1200. The fourth-order valence-electron chi connectivity index (χ4n) is 8.04. The lowest BCUT2D eigenvalue weighted by Gasteiger charge is -2.18. The average molecular weight is 924 g/mol. The Hall–Kier alpha value is -2.89. The number of hydrogen-bond donors (Lipinski definition) is 0. The van der Waals surface area contributed by atoms with Gasteiger partial charge < -0.3 is 14.2 Å². The van der Waals surface area contributed by atoms with Gasteiger partial charge in [-0.2, -0.15) is 0 Å². The molecule has 6 nitrogen and oxygen atoms in total. The molecule has 0 radical (unpaired) electrons. The number of hydrogen-bond acceptors (Lipinski definition) is 6. The first-order valence-corrected chi connectivity index (χ1v) is 28.3. The van der Waals surface area contributed by atoms with E-state index in [1.54, 1.807) is 0 Å². The van der Waals surface area contributed by atoms with Crippen LogP contribution < -0.4 is 0 Å². The van der Waals surface area contributed by atoms with Crippen molar-refractivity contribution in [2.45, 2.75) is 290 Å². The normalized spacial score (nSPS) is 12.5. The van der Waals surface area contributed by atoms with E-state index in [4.69, 9.17) is 14.2 Å². The molecule has 0 fully saturated rings. The van der Waals surface area contributed by atoms with Crippen LogP contribution in [-0.2, 0) is 28.6 Å². The molecule has 0 aliphatic carbocycles. The van der Waals surface area contributed by atoms with Crippen LogP contribution in [0.2, 0.25) is 0 Å². The first-order chi connectivity index (χ1) is 32.5. The van der Waals surface area contributed by atoms with Crippen LogP contribution >= 0.6 is 0 Å². The second kappa shape index (κ2) is 54.7. The molecule has 0 bridgehead atoms. The summed E-state index contributed by atoms with van der Waals surface area (Å²) in [7, 11) is 0. The van der Waals surface area contributed by atoms with Crippen LogP contribution in [0.5, 0.6) is 0 Å². The van der Waals surface area contributed by atoms with Gasteiger partial charge in [0, 0.05) is 19.3 Å². The van der Waals surface area contributed by atoms with E-state index in [-0.39, 0.29) is 37.5 Å². The van der Waals surface area contributed by atoms with E-state index in [1.165, 1.54) is 173 Å². The molecular formula is C60H106O6. The lowest BCUT2D eigenvalue weighted by Crippen LogP contribution is -2.30. The SMILES string of the molecule is CC/C=C\C/C=C\C/C=C\C/C=C\CCC(=O)OC(COC(=O)CCCCCCCCCCCC)COC(=O)CCCCCCCCCCCCCCC/C=C\CCCCCCCCCC. The summed E-state index contributed by atoms with van der Waals surface area (Å²) in [6.07, 6.45) is 68.2. The highest BCUT2D eigenvalue weighted by atomic mass is 16.6. The van der Waals surface area contributed by atoms with Crippen LogP contribution in [0.25, 0.3) is 0 Å². The Morgan fingerprint density at radius 2 is 0.621 bits per heavy atom. The van der Waals surface area contributed by atoms with Gasteiger partial charge in [-0.3, -0.25) is 14.4 Å². The van der Waals surface area contributed by atoms with E-state index in [9.17, 15) is 14.4 Å². The Balaban J connectivity index is 4.23. The number of ether oxygens (including phenoxy) is 3. The number of allylic oxidation sites excluding steroid dienone is 10. The minimum absolute atomic E-state index is 0.100. The van der Waals surface area contributed by atoms with E-state index in [0.717, 1.165) is 64.2 Å². The highest BCUT2D eigenvalue weighted by Crippen LogP contribution is 2.16. The van der Waals surface area contributed by atoms with Gasteiger partial charge in [-0.05, 0) is 70.6 Å². The molecule has 66 heavy (non-hydrogen) atoms. The Labute approximate surface area is 409 Å². The van der Waals surface area contributed by atoms with Crippen LogP contribution in [0.1, 0.15) is 284 Å². The summed E-state index contributed by atoms with van der Waals surface area (Å²) in [5.74, 6) is -0.976. The topological polar surface area (TPSA) is 78.9 Å². The van der Waals surface area contributed by atoms with Crippen molar-refractivity contribution in [2.24, 2.45) is 0 Å². The standard InChI is InChI=1S/C60H106O6/c1-4-7-10-13-16-19-22-24-25-26-27-28-29-30-31-32-33-34-35-37-38-41-44-47-50-53-59(62)65-56-57(55-64-58(61)52-49-46-43-40-21-18-15-12-9-6-3)66-60(63)54-51-48-45-42-39-36-23-20-17-14-11-8-5-2/h8,11,17,20,26-27,36,39,45,48,57H,4-7,9-10,12-16,18-19,21-25,28-35,37-38,40-44,46-47,49-56H2,1-3H3/b11-8-,20-17-,27-26-,39-36-,48-45-. The van der Waals surface area contributed by atoms with Gasteiger partial charge in [-0.25, -0.2) is 0 Å². The lowest BCUT2D eigenvalue weighted by atomic mass is 10.0. The molecule has 0 heterocycles. The first kappa shape index (κ1) is 63.1. The summed E-state index contributed by atoms with van der Waals surface area (Å²) in [6.45, 7) is 6.47. The molecule has 1 atom stereocenters.